The number of aliphatic hydroxyl groups excluding tert-OH is 1. The molecule has 0 saturated heterocycles. The molecule has 0 aliphatic carbocycles. The van der Waals surface area contributed by atoms with E-state index in [2.05, 4.69) is 6.58 Å². The fourth-order valence-corrected chi connectivity index (χ4v) is 1.22. The normalized spacial score (nSPS) is 11.5. The molecule has 1 atom stereocenters. The molecule has 0 heterocycles. The van der Waals surface area contributed by atoms with Crippen LogP contribution >= 0.6 is 0 Å². The van der Waals surface area contributed by atoms with Crippen molar-refractivity contribution in [3.8, 4) is 11.8 Å². The van der Waals surface area contributed by atoms with Gasteiger partial charge in [-0.2, -0.15) is 5.26 Å². The molecule has 3 heteroatoms. The van der Waals surface area contributed by atoms with Crippen molar-refractivity contribution in [3.63, 3.8) is 0 Å². The molecule has 0 aliphatic rings. The summed E-state index contributed by atoms with van der Waals surface area (Å²) in [6.07, 6.45) is -0.411. The van der Waals surface area contributed by atoms with Crippen molar-refractivity contribution in [3.05, 3.63) is 42.0 Å². The lowest BCUT2D eigenvalue weighted by atomic mass is 10.0. The Bertz CT molecular complexity index is 376. The molecule has 0 spiro atoms. The van der Waals surface area contributed by atoms with Crippen LogP contribution in [0.25, 0.3) is 0 Å². The van der Waals surface area contributed by atoms with Crippen molar-refractivity contribution >= 4 is 0 Å². The molecule has 15 heavy (non-hydrogen) atoms. The van der Waals surface area contributed by atoms with E-state index in [0.29, 0.717) is 5.57 Å². The van der Waals surface area contributed by atoms with Gasteiger partial charge in [-0.1, -0.05) is 18.7 Å². The predicted molar refractivity (Wildman–Crippen MR) is 57.3 cm³/mol. The first-order chi connectivity index (χ1) is 7.17. The Hall–Kier alpha value is -1.79. The number of nitriles is 1. The number of methoxy groups -OCH3 is 1. The zero-order chi connectivity index (χ0) is 11.3. The average Bonchev–Trinajstić information content (AvgIpc) is 2.29. The summed E-state index contributed by atoms with van der Waals surface area (Å²) < 4.78 is 5.00. The molecule has 1 aromatic rings. The molecule has 0 fully saturated rings. The summed E-state index contributed by atoms with van der Waals surface area (Å²) in [6, 6.07) is 9.00. The van der Waals surface area contributed by atoms with Crippen LogP contribution in [-0.4, -0.2) is 12.2 Å². The van der Waals surface area contributed by atoms with Crippen LogP contribution in [0.5, 0.6) is 5.75 Å². The third-order valence-electron chi connectivity index (χ3n) is 2.10. The summed E-state index contributed by atoms with van der Waals surface area (Å²) in [4.78, 5) is 0. The molecule has 1 unspecified atom stereocenters. The molecular formula is C12H13NO2. The van der Waals surface area contributed by atoms with Crippen LogP contribution in [0, 0.1) is 11.3 Å². The fraction of sp³-hybridized carbons (Fsp3) is 0.250. The lowest BCUT2D eigenvalue weighted by Gasteiger charge is -2.10. The highest BCUT2D eigenvalue weighted by molar-refractivity contribution is 5.30. The van der Waals surface area contributed by atoms with Crippen molar-refractivity contribution in [2.75, 3.05) is 7.11 Å². The molecule has 0 amide bonds. The minimum absolute atomic E-state index is 0.267. The van der Waals surface area contributed by atoms with E-state index < -0.39 is 6.10 Å². The van der Waals surface area contributed by atoms with Gasteiger partial charge >= 0.3 is 0 Å². The Kier molecular flexibility index (Phi) is 3.90. The van der Waals surface area contributed by atoms with E-state index in [-0.39, 0.29) is 6.42 Å². The zero-order valence-corrected chi connectivity index (χ0v) is 8.60. The van der Waals surface area contributed by atoms with Gasteiger partial charge in [-0.25, -0.2) is 0 Å². The molecular weight excluding hydrogens is 190 g/mol. The Labute approximate surface area is 89.2 Å². The quantitative estimate of drug-likeness (QED) is 0.763. The first kappa shape index (κ1) is 11.3. The van der Waals surface area contributed by atoms with Gasteiger partial charge in [0.1, 0.15) is 5.75 Å². The van der Waals surface area contributed by atoms with Crippen molar-refractivity contribution in [1.82, 2.24) is 0 Å². The van der Waals surface area contributed by atoms with E-state index in [9.17, 15) is 5.11 Å². The molecule has 3 nitrogen and oxygen atoms in total. The second-order valence-corrected chi connectivity index (χ2v) is 3.21. The van der Waals surface area contributed by atoms with E-state index in [1.807, 2.05) is 6.07 Å². The van der Waals surface area contributed by atoms with Crippen molar-refractivity contribution in [2.24, 2.45) is 0 Å². The molecule has 0 radical (unpaired) electrons. The third-order valence-corrected chi connectivity index (χ3v) is 2.10. The van der Waals surface area contributed by atoms with Crippen LogP contribution in [0.1, 0.15) is 18.1 Å². The van der Waals surface area contributed by atoms with Crippen LogP contribution in [-0.2, 0) is 0 Å². The van der Waals surface area contributed by atoms with Gasteiger partial charge in [-0.05, 0) is 17.7 Å². The predicted octanol–water partition coefficient (Wildman–Crippen LogP) is 2.20. The number of hydrogen-bond acceptors (Lipinski definition) is 3. The van der Waals surface area contributed by atoms with Gasteiger partial charge in [-0.15, -0.1) is 0 Å². The van der Waals surface area contributed by atoms with Crippen molar-refractivity contribution in [1.29, 1.82) is 5.26 Å². The van der Waals surface area contributed by atoms with E-state index >= 15 is 0 Å². The highest BCUT2D eigenvalue weighted by Gasteiger charge is 2.08. The SMILES string of the molecule is C=C(C#N)CC(O)c1ccc(OC)cc1. The number of benzene rings is 1. The minimum Gasteiger partial charge on any atom is -0.497 e. The van der Waals surface area contributed by atoms with Gasteiger partial charge in [0.25, 0.3) is 0 Å². The van der Waals surface area contributed by atoms with E-state index in [0.717, 1.165) is 11.3 Å². The summed E-state index contributed by atoms with van der Waals surface area (Å²) in [5.41, 5.74) is 1.13. The molecule has 1 rings (SSSR count). The number of ether oxygens (including phenoxy) is 1. The van der Waals surface area contributed by atoms with Gasteiger partial charge in [0, 0.05) is 12.0 Å². The third kappa shape index (κ3) is 3.12. The highest BCUT2D eigenvalue weighted by atomic mass is 16.5. The summed E-state index contributed by atoms with van der Waals surface area (Å²) in [5.74, 6) is 0.741. The van der Waals surface area contributed by atoms with Crippen LogP contribution < -0.4 is 4.74 Å². The smallest absolute Gasteiger partial charge is 0.118 e. The Morgan fingerprint density at radius 1 is 1.53 bits per heavy atom. The average molecular weight is 203 g/mol. The summed E-state index contributed by atoms with van der Waals surface area (Å²) in [7, 11) is 1.59. The van der Waals surface area contributed by atoms with E-state index in [4.69, 9.17) is 10.00 Å². The highest BCUT2D eigenvalue weighted by Crippen LogP contribution is 2.22. The maximum absolute atomic E-state index is 9.73. The van der Waals surface area contributed by atoms with Crippen LogP contribution in [0.4, 0.5) is 0 Å². The molecule has 0 aromatic heterocycles. The molecule has 0 aliphatic heterocycles. The first-order valence-electron chi connectivity index (χ1n) is 4.57. The van der Waals surface area contributed by atoms with Crippen LogP contribution in [0.2, 0.25) is 0 Å². The number of nitrogens with zero attached hydrogens (tertiary/aromatic N) is 1. The fourth-order valence-electron chi connectivity index (χ4n) is 1.22. The summed E-state index contributed by atoms with van der Waals surface area (Å²) in [6.45, 7) is 3.53. The maximum Gasteiger partial charge on any atom is 0.118 e. The zero-order valence-electron chi connectivity index (χ0n) is 8.60. The van der Waals surface area contributed by atoms with Crippen LogP contribution in [0.3, 0.4) is 0 Å². The number of rotatable bonds is 4. The minimum atomic E-state index is -0.678. The lowest BCUT2D eigenvalue weighted by Crippen LogP contribution is -1.98. The van der Waals surface area contributed by atoms with Gasteiger partial charge in [0.2, 0.25) is 0 Å². The lowest BCUT2D eigenvalue weighted by molar-refractivity contribution is 0.179. The topological polar surface area (TPSA) is 53.2 Å². The van der Waals surface area contributed by atoms with E-state index in [1.54, 1.807) is 31.4 Å². The largest absolute Gasteiger partial charge is 0.497 e. The molecule has 1 N–H and O–H groups in total. The standard InChI is InChI=1S/C12H13NO2/c1-9(8-13)7-12(14)10-3-5-11(15-2)6-4-10/h3-6,12,14H,1,7H2,2H3. The summed E-state index contributed by atoms with van der Waals surface area (Å²) >= 11 is 0. The monoisotopic (exact) mass is 203 g/mol. The van der Waals surface area contributed by atoms with Gasteiger partial charge in [0.05, 0.1) is 19.3 Å². The van der Waals surface area contributed by atoms with Gasteiger partial charge < -0.3 is 9.84 Å². The first-order valence-corrected chi connectivity index (χ1v) is 4.57. The Morgan fingerprint density at radius 3 is 2.60 bits per heavy atom. The molecule has 1 aromatic carbocycles. The molecule has 0 saturated carbocycles. The van der Waals surface area contributed by atoms with Gasteiger partial charge in [0.15, 0.2) is 0 Å². The second kappa shape index (κ2) is 5.18. The Balaban J connectivity index is 2.70. The van der Waals surface area contributed by atoms with Crippen molar-refractivity contribution in [2.45, 2.75) is 12.5 Å². The maximum atomic E-state index is 9.73. The Morgan fingerprint density at radius 2 is 2.13 bits per heavy atom. The summed E-state index contributed by atoms with van der Waals surface area (Å²) in [5, 5.41) is 18.3. The molecule has 0 bridgehead atoms. The second-order valence-electron chi connectivity index (χ2n) is 3.21. The van der Waals surface area contributed by atoms with Gasteiger partial charge in [-0.3, -0.25) is 0 Å². The number of hydrogen-bond donors (Lipinski definition) is 1. The van der Waals surface area contributed by atoms with Crippen molar-refractivity contribution < 1.29 is 9.84 Å². The van der Waals surface area contributed by atoms with Crippen LogP contribution in [0.15, 0.2) is 36.4 Å². The number of aliphatic hydroxyl groups is 1. The molecule has 78 valence electrons. The van der Waals surface area contributed by atoms with E-state index in [1.165, 1.54) is 0 Å².